The largest absolute Gasteiger partial charge is 0.325 e. The summed E-state index contributed by atoms with van der Waals surface area (Å²) in [6.07, 6.45) is 0. The Bertz CT molecular complexity index is 610. The first kappa shape index (κ1) is 14.9. The van der Waals surface area contributed by atoms with E-state index in [0.29, 0.717) is 10.8 Å². The standard InChI is InChI=1S/C16H16ClNOS/c1-11-4-3-5-15(12(11)2)18-16(19)10-20-14-8-6-13(17)7-9-14/h3-9H,10H2,1-2H3,(H,18,19). The van der Waals surface area contributed by atoms with Gasteiger partial charge in [0.15, 0.2) is 0 Å². The van der Waals surface area contributed by atoms with Gasteiger partial charge in [0.2, 0.25) is 5.91 Å². The average Bonchev–Trinajstić information content (AvgIpc) is 2.43. The summed E-state index contributed by atoms with van der Waals surface area (Å²) in [4.78, 5) is 13.0. The van der Waals surface area contributed by atoms with E-state index in [9.17, 15) is 4.79 Å². The van der Waals surface area contributed by atoms with Gasteiger partial charge >= 0.3 is 0 Å². The van der Waals surface area contributed by atoms with E-state index in [2.05, 4.69) is 5.32 Å². The Labute approximate surface area is 128 Å². The Balaban J connectivity index is 1.92. The number of halogens is 1. The zero-order chi connectivity index (χ0) is 14.5. The summed E-state index contributed by atoms with van der Waals surface area (Å²) < 4.78 is 0. The van der Waals surface area contributed by atoms with Gasteiger partial charge in [-0.2, -0.15) is 0 Å². The Morgan fingerprint density at radius 1 is 1.15 bits per heavy atom. The van der Waals surface area contributed by atoms with E-state index in [-0.39, 0.29) is 5.91 Å². The number of hydrogen-bond donors (Lipinski definition) is 1. The molecule has 1 amide bonds. The van der Waals surface area contributed by atoms with E-state index >= 15 is 0 Å². The van der Waals surface area contributed by atoms with Crippen molar-refractivity contribution in [2.45, 2.75) is 18.7 Å². The monoisotopic (exact) mass is 305 g/mol. The molecule has 0 atom stereocenters. The molecule has 0 bridgehead atoms. The molecule has 0 aliphatic rings. The van der Waals surface area contributed by atoms with Gasteiger partial charge in [0.05, 0.1) is 5.75 Å². The van der Waals surface area contributed by atoms with E-state index in [4.69, 9.17) is 11.6 Å². The number of amides is 1. The fraction of sp³-hybridized carbons (Fsp3) is 0.188. The molecule has 2 aromatic rings. The normalized spacial score (nSPS) is 10.3. The molecule has 104 valence electrons. The Morgan fingerprint density at radius 3 is 2.55 bits per heavy atom. The maximum absolute atomic E-state index is 12.0. The van der Waals surface area contributed by atoms with Gasteiger partial charge in [0, 0.05) is 15.6 Å². The molecular formula is C16H16ClNOS. The van der Waals surface area contributed by atoms with Crippen molar-refractivity contribution in [2.75, 3.05) is 11.1 Å². The van der Waals surface area contributed by atoms with Gasteiger partial charge in [-0.1, -0.05) is 23.7 Å². The SMILES string of the molecule is Cc1cccc(NC(=O)CSc2ccc(Cl)cc2)c1C. The van der Waals surface area contributed by atoms with E-state index in [1.807, 2.05) is 56.3 Å². The predicted octanol–water partition coefficient (Wildman–Crippen LogP) is 4.69. The number of anilines is 1. The van der Waals surface area contributed by atoms with Gasteiger partial charge < -0.3 is 5.32 Å². The lowest BCUT2D eigenvalue weighted by atomic mass is 10.1. The number of rotatable bonds is 4. The molecule has 0 saturated heterocycles. The minimum absolute atomic E-state index is 0.00125. The van der Waals surface area contributed by atoms with Crippen LogP contribution in [0.1, 0.15) is 11.1 Å². The quantitative estimate of drug-likeness (QED) is 0.830. The highest BCUT2D eigenvalue weighted by atomic mass is 35.5. The number of carbonyl (C=O) groups excluding carboxylic acids is 1. The molecule has 0 fully saturated rings. The zero-order valence-electron chi connectivity index (χ0n) is 11.4. The molecule has 2 nitrogen and oxygen atoms in total. The van der Waals surface area contributed by atoms with Crippen LogP contribution in [0.15, 0.2) is 47.4 Å². The third-order valence-corrected chi connectivity index (χ3v) is 4.33. The summed E-state index contributed by atoms with van der Waals surface area (Å²) in [5, 5.41) is 3.65. The number of hydrogen-bond acceptors (Lipinski definition) is 2. The van der Waals surface area contributed by atoms with Crippen molar-refractivity contribution in [3.8, 4) is 0 Å². The fourth-order valence-corrected chi connectivity index (χ4v) is 2.58. The van der Waals surface area contributed by atoms with E-state index in [1.165, 1.54) is 17.3 Å². The molecular weight excluding hydrogens is 290 g/mol. The van der Waals surface area contributed by atoms with Crippen LogP contribution in [0.5, 0.6) is 0 Å². The van der Waals surface area contributed by atoms with Crippen molar-refractivity contribution in [3.63, 3.8) is 0 Å². The Hall–Kier alpha value is -1.45. The number of nitrogens with one attached hydrogen (secondary N) is 1. The van der Waals surface area contributed by atoms with Crippen molar-refractivity contribution in [1.29, 1.82) is 0 Å². The smallest absolute Gasteiger partial charge is 0.234 e. The molecule has 20 heavy (non-hydrogen) atoms. The molecule has 0 heterocycles. The molecule has 0 radical (unpaired) electrons. The van der Waals surface area contributed by atoms with Gasteiger partial charge in [0.1, 0.15) is 0 Å². The first-order chi connectivity index (χ1) is 9.56. The molecule has 0 unspecified atom stereocenters. The minimum Gasteiger partial charge on any atom is -0.325 e. The van der Waals surface area contributed by atoms with E-state index in [0.717, 1.165) is 16.1 Å². The van der Waals surface area contributed by atoms with Crippen LogP contribution < -0.4 is 5.32 Å². The summed E-state index contributed by atoms with van der Waals surface area (Å²) in [7, 11) is 0. The van der Waals surface area contributed by atoms with Crippen LogP contribution in [0.2, 0.25) is 5.02 Å². The third-order valence-electron chi connectivity index (χ3n) is 3.06. The summed E-state index contributed by atoms with van der Waals surface area (Å²) in [6.45, 7) is 4.05. The second-order valence-electron chi connectivity index (χ2n) is 4.54. The lowest BCUT2D eigenvalue weighted by Crippen LogP contribution is -2.15. The molecule has 1 N–H and O–H groups in total. The van der Waals surface area contributed by atoms with Gasteiger partial charge in [0.25, 0.3) is 0 Å². The first-order valence-corrected chi connectivity index (χ1v) is 7.67. The van der Waals surface area contributed by atoms with Gasteiger partial charge in [-0.15, -0.1) is 11.8 Å². The molecule has 4 heteroatoms. The topological polar surface area (TPSA) is 29.1 Å². The van der Waals surface area contributed by atoms with Crippen LogP contribution in [-0.2, 0) is 4.79 Å². The molecule has 0 aliphatic heterocycles. The molecule has 0 saturated carbocycles. The Morgan fingerprint density at radius 2 is 1.85 bits per heavy atom. The molecule has 2 rings (SSSR count). The van der Waals surface area contributed by atoms with Crippen molar-refractivity contribution < 1.29 is 4.79 Å². The van der Waals surface area contributed by atoms with Crippen LogP contribution in [0.4, 0.5) is 5.69 Å². The van der Waals surface area contributed by atoms with Crippen LogP contribution in [0.3, 0.4) is 0 Å². The molecule has 2 aromatic carbocycles. The third kappa shape index (κ3) is 4.02. The number of thioether (sulfide) groups is 1. The highest BCUT2D eigenvalue weighted by Crippen LogP contribution is 2.22. The Kier molecular flexibility index (Phi) is 5.10. The first-order valence-electron chi connectivity index (χ1n) is 6.30. The highest BCUT2D eigenvalue weighted by molar-refractivity contribution is 8.00. The second-order valence-corrected chi connectivity index (χ2v) is 6.02. The van der Waals surface area contributed by atoms with Crippen molar-refractivity contribution in [1.82, 2.24) is 0 Å². The number of carbonyl (C=O) groups is 1. The van der Waals surface area contributed by atoms with Crippen molar-refractivity contribution >= 4 is 35.0 Å². The second kappa shape index (κ2) is 6.82. The van der Waals surface area contributed by atoms with Crippen LogP contribution >= 0.6 is 23.4 Å². The maximum atomic E-state index is 12.0. The maximum Gasteiger partial charge on any atom is 0.234 e. The van der Waals surface area contributed by atoms with Crippen LogP contribution in [0, 0.1) is 13.8 Å². The summed E-state index contributed by atoms with van der Waals surface area (Å²) >= 11 is 7.32. The van der Waals surface area contributed by atoms with Gasteiger partial charge in [-0.25, -0.2) is 0 Å². The summed E-state index contributed by atoms with van der Waals surface area (Å²) in [5.74, 6) is 0.383. The van der Waals surface area contributed by atoms with Crippen molar-refractivity contribution in [2.24, 2.45) is 0 Å². The summed E-state index contributed by atoms with van der Waals surface area (Å²) in [5.41, 5.74) is 3.16. The van der Waals surface area contributed by atoms with E-state index in [1.54, 1.807) is 0 Å². The van der Waals surface area contributed by atoms with Gasteiger partial charge in [-0.3, -0.25) is 4.79 Å². The summed E-state index contributed by atoms with van der Waals surface area (Å²) in [6, 6.07) is 13.4. The van der Waals surface area contributed by atoms with Crippen LogP contribution in [0.25, 0.3) is 0 Å². The zero-order valence-corrected chi connectivity index (χ0v) is 13.0. The average molecular weight is 306 g/mol. The lowest BCUT2D eigenvalue weighted by molar-refractivity contribution is -0.113. The van der Waals surface area contributed by atoms with E-state index < -0.39 is 0 Å². The highest BCUT2D eigenvalue weighted by Gasteiger charge is 2.06. The van der Waals surface area contributed by atoms with Crippen molar-refractivity contribution in [3.05, 3.63) is 58.6 Å². The molecule has 0 spiro atoms. The van der Waals surface area contributed by atoms with Crippen LogP contribution in [-0.4, -0.2) is 11.7 Å². The predicted molar refractivity (Wildman–Crippen MR) is 86.7 cm³/mol. The van der Waals surface area contributed by atoms with Gasteiger partial charge in [-0.05, 0) is 55.3 Å². The molecule has 0 aromatic heterocycles. The number of benzene rings is 2. The molecule has 0 aliphatic carbocycles. The lowest BCUT2D eigenvalue weighted by Gasteiger charge is -2.10. The number of aryl methyl sites for hydroxylation is 1. The fourth-order valence-electron chi connectivity index (χ4n) is 1.75. The minimum atomic E-state index is -0.00125.